The van der Waals surface area contributed by atoms with Gasteiger partial charge in [-0.3, -0.25) is 4.67 Å². The van der Waals surface area contributed by atoms with Crippen LogP contribution in [0.25, 0.3) is 0 Å². The molecule has 2 nitrogen and oxygen atoms in total. The van der Waals surface area contributed by atoms with Gasteiger partial charge in [0, 0.05) is 0 Å². The summed E-state index contributed by atoms with van der Waals surface area (Å²) < 4.78 is 16.2. The maximum Gasteiger partial charge on any atom is 0.164 e. The summed E-state index contributed by atoms with van der Waals surface area (Å²) in [4.78, 5) is 0. The van der Waals surface area contributed by atoms with Crippen molar-refractivity contribution in [3.8, 4) is 0 Å². The summed E-state index contributed by atoms with van der Waals surface area (Å²) in [6.45, 7) is 2.23. The van der Waals surface area contributed by atoms with Gasteiger partial charge in [0.15, 0.2) is 7.29 Å². The number of hydrogen-bond donors (Lipinski definition) is 0. The highest BCUT2D eigenvalue weighted by Crippen LogP contribution is 2.77. The maximum atomic E-state index is 14.2. The summed E-state index contributed by atoms with van der Waals surface area (Å²) in [6, 6.07) is 19.3. The fourth-order valence-electron chi connectivity index (χ4n) is 4.18. The van der Waals surface area contributed by atoms with Crippen LogP contribution in [-0.4, -0.2) is 18.8 Å². The highest BCUT2D eigenvalue weighted by Gasteiger charge is 2.48. The lowest BCUT2D eigenvalue weighted by molar-refractivity contribution is 0.502. The average Bonchev–Trinajstić information content (AvgIpc) is 3.00. The minimum atomic E-state index is -2.51. The Morgan fingerprint density at radius 1 is 0.920 bits per heavy atom. The van der Waals surface area contributed by atoms with Crippen molar-refractivity contribution in [3.05, 3.63) is 71.3 Å². The number of aryl methyl sites for hydroxylation is 1. The Balaban J connectivity index is 1.90. The van der Waals surface area contributed by atoms with E-state index in [-0.39, 0.29) is 11.3 Å². The van der Waals surface area contributed by atoms with Crippen molar-refractivity contribution < 1.29 is 4.57 Å². The lowest BCUT2D eigenvalue weighted by Gasteiger charge is -2.32. The molecule has 2 aromatic rings. The quantitative estimate of drug-likeness (QED) is 0.555. The molecule has 0 spiro atoms. The first-order valence-electron chi connectivity index (χ1n) is 9.48. The molecule has 0 amide bonds. The van der Waals surface area contributed by atoms with Gasteiger partial charge in [0.25, 0.3) is 0 Å². The smallest absolute Gasteiger partial charge is 0.164 e. The van der Waals surface area contributed by atoms with Crippen molar-refractivity contribution in [3.63, 3.8) is 0 Å². The molecule has 0 aromatic heterocycles. The molecular formula is C22H30NOP. The fourth-order valence-corrected chi connectivity index (χ4v) is 7.97. The molecule has 3 atom stereocenters. The molecule has 1 aliphatic heterocycles. The van der Waals surface area contributed by atoms with Crippen molar-refractivity contribution in [2.45, 2.75) is 50.3 Å². The lowest BCUT2D eigenvalue weighted by atomic mass is 10.0. The molecule has 0 saturated carbocycles. The maximum absolute atomic E-state index is 14.2. The molecule has 0 radical (unpaired) electrons. The summed E-state index contributed by atoms with van der Waals surface area (Å²) in [7, 11) is 1.47. The Kier molecular flexibility index (Phi) is 5.81. The van der Waals surface area contributed by atoms with Gasteiger partial charge in [-0.1, -0.05) is 67.9 Å². The van der Waals surface area contributed by atoms with Gasteiger partial charge in [-0.05, 0) is 56.5 Å². The zero-order valence-corrected chi connectivity index (χ0v) is 16.6. The number of nitrogens with zero attached hydrogens (tertiary/aromatic N) is 1. The predicted molar refractivity (Wildman–Crippen MR) is 108 cm³/mol. The van der Waals surface area contributed by atoms with Crippen molar-refractivity contribution in [1.82, 2.24) is 4.67 Å². The number of benzene rings is 2. The lowest BCUT2D eigenvalue weighted by Crippen LogP contribution is -2.14. The molecule has 0 aliphatic carbocycles. The molecule has 0 bridgehead atoms. The summed E-state index contributed by atoms with van der Waals surface area (Å²) >= 11 is 0. The molecule has 2 aromatic carbocycles. The second kappa shape index (κ2) is 7.89. The fraction of sp³-hybridized carbons (Fsp3) is 0.455. The highest BCUT2D eigenvalue weighted by molar-refractivity contribution is 7.62. The Morgan fingerprint density at radius 3 is 2.00 bits per heavy atom. The number of rotatable bonds is 6. The summed E-state index contributed by atoms with van der Waals surface area (Å²) in [5.74, 6) is 0. The van der Waals surface area contributed by atoms with Crippen LogP contribution in [0.4, 0.5) is 0 Å². The van der Waals surface area contributed by atoms with Gasteiger partial charge >= 0.3 is 0 Å². The van der Waals surface area contributed by atoms with E-state index in [0.29, 0.717) is 0 Å². The van der Waals surface area contributed by atoms with Gasteiger partial charge in [-0.25, -0.2) is 0 Å². The minimum Gasteiger partial charge on any atom is -0.305 e. The van der Waals surface area contributed by atoms with E-state index in [1.165, 1.54) is 29.5 Å². The van der Waals surface area contributed by atoms with Gasteiger partial charge in [0.05, 0.1) is 11.3 Å². The third-order valence-electron chi connectivity index (χ3n) is 5.60. The van der Waals surface area contributed by atoms with E-state index in [0.717, 1.165) is 19.3 Å². The predicted octanol–water partition coefficient (Wildman–Crippen LogP) is 6.45. The summed E-state index contributed by atoms with van der Waals surface area (Å²) in [5, 5.41) is 0. The number of hydrogen-bond acceptors (Lipinski definition) is 1. The summed E-state index contributed by atoms with van der Waals surface area (Å²) in [5.41, 5.74) is 4.15. The van der Waals surface area contributed by atoms with Crippen molar-refractivity contribution >= 4 is 7.29 Å². The van der Waals surface area contributed by atoms with Crippen molar-refractivity contribution in [2.75, 3.05) is 14.1 Å². The van der Waals surface area contributed by atoms with Crippen LogP contribution >= 0.6 is 7.29 Å². The molecule has 134 valence electrons. The highest BCUT2D eigenvalue weighted by atomic mass is 31.2. The molecular weight excluding hydrogens is 325 g/mol. The van der Waals surface area contributed by atoms with Gasteiger partial charge < -0.3 is 4.57 Å². The van der Waals surface area contributed by atoms with Crippen LogP contribution in [0.15, 0.2) is 54.6 Å². The first-order chi connectivity index (χ1) is 12.1. The standard InChI is InChI=1S/C22H30NOP/c1-4-5-9-18-12-14-20(15-13-18)22-17-16-21(25(22,24)23(2)3)19-10-7-6-8-11-19/h6-8,10-15,21-22H,4-5,9,16-17H2,1-3H3/t21-,22+,25?/m1/s1. The third kappa shape index (κ3) is 3.61. The molecule has 1 unspecified atom stereocenters. The molecule has 3 rings (SSSR count). The molecule has 0 N–H and O–H groups in total. The van der Waals surface area contributed by atoms with Crippen LogP contribution in [0.3, 0.4) is 0 Å². The zero-order valence-electron chi connectivity index (χ0n) is 15.7. The SMILES string of the molecule is CCCCc1ccc([C@@H]2CC[C@H](c3ccccc3)P2(=O)N(C)C)cc1. The third-order valence-corrected chi connectivity index (χ3v) is 9.75. The van der Waals surface area contributed by atoms with Crippen LogP contribution in [0.2, 0.25) is 0 Å². The average molecular weight is 355 g/mol. The van der Waals surface area contributed by atoms with E-state index >= 15 is 0 Å². The van der Waals surface area contributed by atoms with Crippen LogP contribution < -0.4 is 0 Å². The van der Waals surface area contributed by atoms with E-state index in [1.807, 2.05) is 24.8 Å². The van der Waals surface area contributed by atoms with Gasteiger partial charge in [-0.15, -0.1) is 0 Å². The summed E-state index contributed by atoms with van der Waals surface area (Å²) in [6.07, 6.45) is 5.60. The first-order valence-corrected chi connectivity index (χ1v) is 11.3. The van der Waals surface area contributed by atoms with Crippen LogP contribution in [0.1, 0.15) is 60.6 Å². The molecule has 3 heteroatoms. The van der Waals surface area contributed by atoms with Gasteiger partial charge in [0.1, 0.15) is 0 Å². The number of unbranched alkanes of at least 4 members (excludes halogenated alkanes) is 1. The Labute approximate surface area is 152 Å². The van der Waals surface area contributed by atoms with E-state index in [4.69, 9.17) is 0 Å². The Morgan fingerprint density at radius 2 is 1.48 bits per heavy atom. The minimum absolute atomic E-state index is 0.146. The van der Waals surface area contributed by atoms with Crippen molar-refractivity contribution in [2.24, 2.45) is 0 Å². The zero-order chi connectivity index (χ0) is 17.9. The molecule has 25 heavy (non-hydrogen) atoms. The van der Waals surface area contributed by atoms with E-state index in [2.05, 4.69) is 55.5 Å². The van der Waals surface area contributed by atoms with Gasteiger partial charge in [0.2, 0.25) is 0 Å². The topological polar surface area (TPSA) is 20.3 Å². The second-order valence-electron chi connectivity index (χ2n) is 7.38. The second-order valence-corrected chi connectivity index (χ2v) is 10.8. The van der Waals surface area contributed by atoms with E-state index < -0.39 is 7.29 Å². The van der Waals surface area contributed by atoms with E-state index in [9.17, 15) is 4.57 Å². The Hall–Kier alpha value is -1.37. The molecule has 1 heterocycles. The molecule has 1 saturated heterocycles. The van der Waals surface area contributed by atoms with Crippen LogP contribution in [0.5, 0.6) is 0 Å². The van der Waals surface area contributed by atoms with Gasteiger partial charge in [-0.2, -0.15) is 0 Å². The van der Waals surface area contributed by atoms with Crippen LogP contribution in [-0.2, 0) is 11.0 Å². The van der Waals surface area contributed by atoms with Crippen molar-refractivity contribution in [1.29, 1.82) is 0 Å². The largest absolute Gasteiger partial charge is 0.305 e. The Bertz CT molecular complexity index is 723. The monoisotopic (exact) mass is 355 g/mol. The normalized spacial score (nSPS) is 26.2. The van der Waals surface area contributed by atoms with Crippen LogP contribution in [0, 0.1) is 0 Å². The van der Waals surface area contributed by atoms with E-state index in [1.54, 1.807) is 0 Å². The molecule has 1 aliphatic rings. The first kappa shape index (κ1) is 18.4. The molecule has 1 fully saturated rings.